The van der Waals surface area contributed by atoms with Crippen LogP contribution in [0.1, 0.15) is 64.7 Å². The van der Waals surface area contributed by atoms with Crippen LogP contribution >= 0.6 is 19.8 Å². The van der Waals surface area contributed by atoms with E-state index in [4.69, 9.17) is 32.2 Å². The minimum Gasteiger partial charge on any atom is -0.395 e. The van der Waals surface area contributed by atoms with Crippen molar-refractivity contribution in [1.29, 1.82) is 0 Å². The first-order chi connectivity index (χ1) is 13.9. The van der Waals surface area contributed by atoms with Crippen LogP contribution in [0.15, 0.2) is 0 Å². The lowest BCUT2D eigenvalue weighted by Gasteiger charge is -2.26. The van der Waals surface area contributed by atoms with Gasteiger partial charge >= 0.3 is 7.60 Å². The second kappa shape index (κ2) is 18.3. The lowest BCUT2D eigenvalue weighted by molar-refractivity contribution is -0.872. The zero-order chi connectivity index (χ0) is 23.6. The van der Waals surface area contributed by atoms with Crippen molar-refractivity contribution in [3.8, 4) is 0 Å². The summed E-state index contributed by atoms with van der Waals surface area (Å²) in [5.74, 6) is -1.55. The molecule has 0 radical (unpaired) electrons. The number of hydrogen-bond donors (Lipinski definition) is 5. The van der Waals surface area contributed by atoms with Gasteiger partial charge in [-0.2, -0.15) is 0 Å². The molecule has 0 heterocycles. The van der Waals surface area contributed by atoms with Crippen molar-refractivity contribution in [2.24, 2.45) is 0 Å². The third kappa shape index (κ3) is 21.0. The van der Waals surface area contributed by atoms with E-state index in [2.05, 4.69) is 17.1 Å². The van der Waals surface area contributed by atoms with Gasteiger partial charge in [-0.25, -0.2) is 0 Å². The highest BCUT2D eigenvalue weighted by molar-refractivity contribution is 7.80. The van der Waals surface area contributed by atoms with Crippen LogP contribution in [-0.4, -0.2) is 94.8 Å². The summed E-state index contributed by atoms with van der Waals surface area (Å²) < 4.78 is 10.8. The van der Waals surface area contributed by atoms with Gasteiger partial charge in [-0.3, -0.25) is 4.57 Å². The Balaban J connectivity index is 0. The number of rotatable bonds is 15. The fourth-order valence-electron chi connectivity index (χ4n) is 2.80. The van der Waals surface area contributed by atoms with Gasteiger partial charge in [0.05, 0.1) is 27.7 Å². The molecule has 0 aromatic rings. The van der Waals surface area contributed by atoms with Crippen LogP contribution in [-0.2, 0) is 4.57 Å². The van der Waals surface area contributed by atoms with Crippen LogP contribution in [0.25, 0.3) is 0 Å². The summed E-state index contributed by atoms with van der Waals surface area (Å²) in [6, 6.07) is 0. The molecule has 5 N–H and O–H groups in total. The number of quaternary nitrogens is 1. The Labute approximate surface area is 189 Å². The summed E-state index contributed by atoms with van der Waals surface area (Å²) in [4.78, 5) is 19.1. The van der Waals surface area contributed by atoms with Gasteiger partial charge in [0, 0.05) is 20.1 Å². The molecule has 1 atom stereocenters. The molecule has 0 aromatic carbocycles. The molecular weight excluding hydrogens is 425 g/mol. The lowest BCUT2D eigenvalue weighted by Crippen LogP contribution is -2.41. The fraction of sp³-hybridized carbons (Fsp3) is 0.950. The van der Waals surface area contributed by atoms with Crippen molar-refractivity contribution in [2.45, 2.75) is 70.6 Å². The minimum atomic E-state index is -4.31. The summed E-state index contributed by atoms with van der Waals surface area (Å²) in [7, 11) is 2.77. The maximum Gasteiger partial charge on any atom is 0.359 e. The van der Waals surface area contributed by atoms with E-state index in [1.54, 1.807) is 21.1 Å². The van der Waals surface area contributed by atoms with Crippen LogP contribution in [0.3, 0.4) is 0 Å². The highest BCUT2D eigenvalue weighted by Gasteiger charge is 2.31. The highest BCUT2D eigenvalue weighted by Crippen LogP contribution is 2.39. The molecule has 30 heavy (non-hydrogen) atoms. The summed E-state index contributed by atoms with van der Waals surface area (Å²) in [6.45, 7) is 4.06. The zero-order valence-corrected chi connectivity index (χ0v) is 21.4. The van der Waals surface area contributed by atoms with Crippen molar-refractivity contribution in [3.63, 3.8) is 0 Å². The maximum atomic E-state index is 10.4. The van der Waals surface area contributed by atoms with Gasteiger partial charge in [-0.15, -0.1) is 0 Å². The largest absolute Gasteiger partial charge is 0.395 e. The summed E-state index contributed by atoms with van der Waals surface area (Å²) in [6.07, 6.45) is 12.0. The van der Waals surface area contributed by atoms with Crippen molar-refractivity contribution in [2.75, 3.05) is 54.4 Å². The molecule has 1 unspecified atom stereocenters. The van der Waals surface area contributed by atoms with E-state index < -0.39 is 13.4 Å². The van der Waals surface area contributed by atoms with E-state index in [-0.39, 0.29) is 13.2 Å². The average Bonchev–Trinajstić information content (AvgIpc) is 2.63. The standard InChI is InChI=1S/C15H32N2OS.C5H14NO4P/c1-3-4-5-6-7-8-9-10-11-12-17(13-14-18)15(19)16-2;1-6(2,3)4-5(7)11(8,9)10/h18H,3-14H2,1-2H3,(H,16,19);5,7H,4H2,1-3H3,(H-,8,9,10)/p+1. The van der Waals surface area contributed by atoms with Crippen molar-refractivity contribution < 1.29 is 29.0 Å². The summed E-state index contributed by atoms with van der Waals surface area (Å²) in [5.41, 5.74) is 0. The summed E-state index contributed by atoms with van der Waals surface area (Å²) in [5, 5.41) is 21.7. The van der Waals surface area contributed by atoms with Crippen LogP contribution in [0.2, 0.25) is 0 Å². The molecule has 0 aliphatic rings. The fourth-order valence-corrected chi connectivity index (χ4v) is 3.69. The van der Waals surface area contributed by atoms with Crippen LogP contribution in [0.4, 0.5) is 0 Å². The van der Waals surface area contributed by atoms with Gasteiger partial charge < -0.3 is 34.7 Å². The third-order valence-corrected chi connectivity index (χ3v) is 5.90. The molecule has 0 aliphatic carbocycles. The predicted molar refractivity (Wildman–Crippen MR) is 128 cm³/mol. The minimum absolute atomic E-state index is 0.0459. The molecule has 0 aliphatic heterocycles. The van der Waals surface area contributed by atoms with Gasteiger partial charge in [0.25, 0.3) is 0 Å². The van der Waals surface area contributed by atoms with Crippen molar-refractivity contribution in [1.82, 2.24) is 10.2 Å². The SMILES string of the molecule is CCCCCCCCCCCN(CCO)C(=S)NC.C[N+](C)(C)CC(O)P(=O)(O)O. The average molecular weight is 473 g/mol. The number of thiocarbonyl (C=S) groups is 1. The first-order valence-corrected chi connectivity index (χ1v) is 13.1. The monoisotopic (exact) mass is 472 g/mol. The number of aliphatic hydroxyl groups excluding tert-OH is 2. The normalized spacial score (nSPS) is 12.7. The smallest absolute Gasteiger partial charge is 0.359 e. The third-order valence-electron chi connectivity index (χ3n) is 4.50. The molecule has 0 aromatic heterocycles. The number of aliphatic hydroxyl groups is 2. The Hall–Kier alpha value is -0.280. The Bertz CT molecular complexity index is 472. The quantitative estimate of drug-likeness (QED) is 0.107. The molecule has 0 rings (SSSR count). The van der Waals surface area contributed by atoms with E-state index in [1.807, 2.05) is 7.05 Å². The Morgan fingerprint density at radius 3 is 1.80 bits per heavy atom. The first kappa shape index (κ1) is 31.9. The summed E-state index contributed by atoms with van der Waals surface area (Å²) >= 11 is 5.21. The molecule has 0 fully saturated rings. The van der Waals surface area contributed by atoms with E-state index >= 15 is 0 Å². The maximum absolute atomic E-state index is 10.4. The van der Waals surface area contributed by atoms with Gasteiger partial charge in [0.15, 0.2) is 5.11 Å². The van der Waals surface area contributed by atoms with E-state index in [9.17, 15) is 4.57 Å². The van der Waals surface area contributed by atoms with Gasteiger partial charge in [0.2, 0.25) is 5.85 Å². The molecule has 10 heteroatoms. The molecule has 0 bridgehead atoms. The molecule has 0 amide bonds. The highest BCUT2D eigenvalue weighted by atomic mass is 32.1. The molecule has 0 spiro atoms. The van der Waals surface area contributed by atoms with E-state index in [1.165, 1.54) is 51.4 Å². The Morgan fingerprint density at radius 1 is 1.00 bits per heavy atom. The molecule has 0 saturated heterocycles. The molecule has 182 valence electrons. The van der Waals surface area contributed by atoms with Gasteiger partial charge in [-0.1, -0.05) is 58.3 Å². The van der Waals surface area contributed by atoms with Crippen molar-refractivity contribution >= 4 is 24.9 Å². The topological polar surface area (TPSA) is 113 Å². The second-order valence-corrected chi connectivity index (χ2v) is 10.8. The van der Waals surface area contributed by atoms with E-state index in [0.717, 1.165) is 18.1 Å². The van der Waals surface area contributed by atoms with Crippen molar-refractivity contribution in [3.05, 3.63) is 0 Å². The number of nitrogens with one attached hydrogen (secondary N) is 1. The van der Waals surface area contributed by atoms with Crippen LogP contribution in [0, 0.1) is 0 Å². The van der Waals surface area contributed by atoms with Gasteiger partial charge in [0.1, 0.15) is 6.54 Å². The van der Waals surface area contributed by atoms with Crippen LogP contribution in [0.5, 0.6) is 0 Å². The van der Waals surface area contributed by atoms with Gasteiger partial charge in [-0.05, 0) is 18.6 Å². The molecular formula is C20H47N3O5PS+. The van der Waals surface area contributed by atoms with E-state index in [0.29, 0.717) is 11.0 Å². The predicted octanol–water partition coefficient (Wildman–Crippen LogP) is 2.50. The Morgan fingerprint density at radius 2 is 1.47 bits per heavy atom. The number of likely N-dealkylation sites (N-methyl/N-ethyl adjacent to an activating group) is 1. The van der Waals surface area contributed by atoms with Crippen LogP contribution < -0.4 is 5.32 Å². The Kier molecular flexibility index (Phi) is 19.5. The first-order valence-electron chi connectivity index (χ1n) is 11.0. The zero-order valence-electron chi connectivity index (χ0n) is 19.7. The number of hydrogen-bond acceptors (Lipinski definition) is 4. The second-order valence-electron chi connectivity index (χ2n) is 8.64. The lowest BCUT2D eigenvalue weighted by atomic mass is 10.1. The molecule has 8 nitrogen and oxygen atoms in total. The number of nitrogens with zero attached hydrogens (tertiary/aromatic N) is 2. The number of unbranched alkanes of at least 4 members (excludes halogenated alkanes) is 8. The molecule has 0 saturated carbocycles.